The Bertz CT molecular complexity index is 984. The van der Waals surface area contributed by atoms with Gasteiger partial charge in [-0.25, -0.2) is 0 Å². The second-order valence-electron chi connectivity index (χ2n) is 6.58. The van der Waals surface area contributed by atoms with Gasteiger partial charge in [-0.15, -0.1) is 11.8 Å². The van der Waals surface area contributed by atoms with Gasteiger partial charge in [-0.3, -0.25) is 14.9 Å². The van der Waals surface area contributed by atoms with E-state index >= 15 is 0 Å². The molecule has 31 heavy (non-hydrogen) atoms. The van der Waals surface area contributed by atoms with Gasteiger partial charge in [0.25, 0.3) is 5.69 Å². The molecule has 166 valence electrons. The summed E-state index contributed by atoms with van der Waals surface area (Å²) in [5.41, 5.74) is -1.03. The van der Waals surface area contributed by atoms with Gasteiger partial charge in [0.1, 0.15) is 13.2 Å². The van der Waals surface area contributed by atoms with Gasteiger partial charge in [0.15, 0.2) is 11.5 Å². The molecule has 0 bridgehead atoms. The SMILES string of the molecule is CCN(Cc1cccc2c1OCCO2)C(=O)CSc1ccc(C(F)(F)F)cc1[N+](=O)[O-]. The minimum absolute atomic E-state index is 0.00349. The Hall–Kier alpha value is -2.95. The Morgan fingerprint density at radius 3 is 2.65 bits per heavy atom. The highest BCUT2D eigenvalue weighted by atomic mass is 32.2. The molecule has 0 N–H and O–H groups in total. The number of fused-ring (bicyclic) bond motifs is 1. The molecule has 1 amide bonds. The molecule has 0 unspecified atom stereocenters. The van der Waals surface area contributed by atoms with Gasteiger partial charge < -0.3 is 14.4 Å². The van der Waals surface area contributed by atoms with E-state index in [0.717, 1.165) is 29.5 Å². The Morgan fingerprint density at radius 1 is 1.23 bits per heavy atom. The van der Waals surface area contributed by atoms with Crippen molar-refractivity contribution in [2.75, 3.05) is 25.5 Å². The third kappa shape index (κ3) is 5.40. The molecule has 0 saturated carbocycles. The van der Waals surface area contributed by atoms with Crippen LogP contribution < -0.4 is 9.47 Å². The Morgan fingerprint density at radius 2 is 1.97 bits per heavy atom. The number of benzene rings is 2. The number of carbonyl (C=O) groups excluding carboxylic acids is 1. The van der Waals surface area contributed by atoms with Gasteiger partial charge in [-0.1, -0.05) is 12.1 Å². The lowest BCUT2D eigenvalue weighted by molar-refractivity contribution is -0.388. The molecule has 2 aromatic carbocycles. The zero-order valence-corrected chi connectivity index (χ0v) is 17.3. The molecular formula is C20H19F3N2O5S. The van der Waals surface area contributed by atoms with Gasteiger partial charge in [0, 0.05) is 24.7 Å². The predicted molar refractivity (Wildman–Crippen MR) is 107 cm³/mol. The molecule has 3 rings (SSSR count). The number of thioether (sulfide) groups is 1. The number of hydrogen-bond donors (Lipinski definition) is 0. The van der Waals surface area contributed by atoms with Crippen LogP contribution in [0.5, 0.6) is 11.5 Å². The minimum atomic E-state index is -4.69. The van der Waals surface area contributed by atoms with Crippen LogP contribution in [-0.2, 0) is 17.5 Å². The fraction of sp³-hybridized carbons (Fsp3) is 0.350. The van der Waals surface area contributed by atoms with Crippen LogP contribution in [-0.4, -0.2) is 41.2 Å². The summed E-state index contributed by atoms with van der Waals surface area (Å²) in [7, 11) is 0. The average molecular weight is 456 g/mol. The smallest absolute Gasteiger partial charge is 0.416 e. The highest BCUT2D eigenvalue weighted by molar-refractivity contribution is 8.00. The lowest BCUT2D eigenvalue weighted by atomic mass is 10.1. The molecule has 0 saturated heterocycles. The number of alkyl halides is 3. The normalized spacial score (nSPS) is 13.0. The second kappa shape index (κ2) is 9.46. The van der Waals surface area contributed by atoms with Crippen molar-refractivity contribution in [3.8, 4) is 11.5 Å². The minimum Gasteiger partial charge on any atom is -0.486 e. The fourth-order valence-corrected chi connectivity index (χ4v) is 3.94. The second-order valence-corrected chi connectivity index (χ2v) is 7.59. The van der Waals surface area contributed by atoms with Gasteiger partial charge in [-0.05, 0) is 25.1 Å². The monoisotopic (exact) mass is 456 g/mol. The van der Waals surface area contributed by atoms with Gasteiger partial charge in [-0.2, -0.15) is 13.2 Å². The van der Waals surface area contributed by atoms with Crippen molar-refractivity contribution in [1.82, 2.24) is 4.90 Å². The fourth-order valence-electron chi connectivity index (χ4n) is 3.03. The maximum Gasteiger partial charge on any atom is 0.416 e. The van der Waals surface area contributed by atoms with Crippen LogP contribution in [0, 0.1) is 10.1 Å². The quantitative estimate of drug-likeness (QED) is 0.346. The number of ether oxygens (including phenoxy) is 2. The Labute approximate surface area is 180 Å². The molecule has 7 nitrogen and oxygen atoms in total. The van der Waals surface area contributed by atoms with Crippen molar-refractivity contribution >= 4 is 23.4 Å². The van der Waals surface area contributed by atoms with Crippen molar-refractivity contribution in [3.05, 3.63) is 57.6 Å². The van der Waals surface area contributed by atoms with Crippen molar-refractivity contribution < 1.29 is 32.4 Å². The number of rotatable bonds is 7. The van der Waals surface area contributed by atoms with E-state index in [2.05, 4.69) is 0 Å². The first-order chi connectivity index (χ1) is 14.7. The van der Waals surface area contributed by atoms with Gasteiger partial charge >= 0.3 is 6.18 Å². The lowest BCUT2D eigenvalue weighted by Gasteiger charge is -2.25. The van der Waals surface area contributed by atoms with Gasteiger partial charge in [0.2, 0.25) is 5.91 Å². The first-order valence-electron chi connectivity index (χ1n) is 9.34. The van der Waals surface area contributed by atoms with E-state index in [1.807, 2.05) is 6.07 Å². The largest absolute Gasteiger partial charge is 0.486 e. The summed E-state index contributed by atoms with van der Waals surface area (Å²) in [4.78, 5) is 24.6. The van der Waals surface area contributed by atoms with Crippen LogP contribution in [0.1, 0.15) is 18.1 Å². The van der Waals surface area contributed by atoms with Crippen LogP contribution in [0.15, 0.2) is 41.3 Å². The summed E-state index contributed by atoms with van der Waals surface area (Å²) >= 11 is 0.830. The molecule has 1 aliphatic heterocycles. The number of nitrogens with zero attached hydrogens (tertiary/aromatic N) is 2. The number of nitro groups is 1. The van der Waals surface area contributed by atoms with Crippen LogP contribution in [0.4, 0.5) is 18.9 Å². The van der Waals surface area contributed by atoms with Crippen molar-refractivity contribution in [1.29, 1.82) is 0 Å². The van der Waals surface area contributed by atoms with Crippen LogP contribution in [0.2, 0.25) is 0 Å². The highest BCUT2D eigenvalue weighted by Gasteiger charge is 2.33. The number of amides is 1. The van der Waals surface area contributed by atoms with E-state index in [1.165, 1.54) is 4.90 Å². The predicted octanol–water partition coefficient (Wildman–Crippen LogP) is 4.53. The molecule has 11 heteroatoms. The zero-order chi connectivity index (χ0) is 22.6. The number of nitro benzene ring substituents is 1. The van der Waals surface area contributed by atoms with Crippen LogP contribution >= 0.6 is 11.8 Å². The van der Waals surface area contributed by atoms with E-state index in [-0.39, 0.29) is 23.1 Å². The number of para-hydroxylation sites is 1. The van der Waals surface area contributed by atoms with E-state index in [9.17, 15) is 28.1 Å². The number of halogens is 3. The van der Waals surface area contributed by atoms with E-state index < -0.39 is 22.4 Å². The topological polar surface area (TPSA) is 81.9 Å². The zero-order valence-electron chi connectivity index (χ0n) is 16.5. The van der Waals surface area contributed by atoms with E-state index in [4.69, 9.17) is 9.47 Å². The third-order valence-electron chi connectivity index (χ3n) is 4.58. The molecule has 0 aliphatic carbocycles. The molecule has 2 aromatic rings. The van der Waals surface area contributed by atoms with Crippen LogP contribution in [0.3, 0.4) is 0 Å². The third-order valence-corrected chi connectivity index (χ3v) is 5.63. The summed E-state index contributed by atoms with van der Waals surface area (Å²) < 4.78 is 49.7. The first kappa shape index (κ1) is 22.7. The Kier molecular flexibility index (Phi) is 6.94. The maximum atomic E-state index is 12.8. The molecule has 0 radical (unpaired) electrons. The van der Waals surface area contributed by atoms with Crippen molar-refractivity contribution in [2.24, 2.45) is 0 Å². The summed E-state index contributed by atoms with van der Waals surface area (Å²) in [5.74, 6) is 0.705. The summed E-state index contributed by atoms with van der Waals surface area (Å²) in [6, 6.07) is 7.66. The van der Waals surface area contributed by atoms with Crippen molar-refractivity contribution in [3.63, 3.8) is 0 Å². The van der Waals surface area contributed by atoms with E-state index in [1.54, 1.807) is 19.1 Å². The van der Waals surface area contributed by atoms with Gasteiger partial charge in [0.05, 0.1) is 21.1 Å². The van der Waals surface area contributed by atoms with Crippen LogP contribution in [0.25, 0.3) is 0 Å². The standard InChI is InChI=1S/C20H19F3N2O5S/c1-2-24(11-13-4-3-5-16-19(13)30-9-8-29-16)18(26)12-31-17-7-6-14(20(21,22)23)10-15(17)25(27)28/h3-7,10H,2,8-9,11-12H2,1H3. The Balaban J connectivity index is 1.72. The molecule has 0 aromatic heterocycles. The molecule has 1 aliphatic rings. The molecular weight excluding hydrogens is 437 g/mol. The summed E-state index contributed by atoms with van der Waals surface area (Å²) in [5, 5.41) is 11.2. The summed E-state index contributed by atoms with van der Waals surface area (Å²) in [6.45, 7) is 3.25. The molecule has 0 atom stereocenters. The molecule has 1 heterocycles. The summed E-state index contributed by atoms with van der Waals surface area (Å²) in [6.07, 6.45) is -4.69. The number of carbonyl (C=O) groups is 1. The number of hydrogen-bond acceptors (Lipinski definition) is 6. The van der Waals surface area contributed by atoms with Crippen molar-refractivity contribution in [2.45, 2.75) is 24.5 Å². The maximum absolute atomic E-state index is 12.8. The highest BCUT2D eigenvalue weighted by Crippen LogP contribution is 2.37. The lowest BCUT2D eigenvalue weighted by Crippen LogP contribution is -2.32. The molecule has 0 fully saturated rings. The molecule has 0 spiro atoms. The average Bonchev–Trinajstić information content (AvgIpc) is 2.75. The van der Waals surface area contributed by atoms with E-state index in [0.29, 0.717) is 37.3 Å². The first-order valence-corrected chi connectivity index (χ1v) is 10.3.